The number of rotatable bonds is 6. The van der Waals surface area contributed by atoms with Crippen LogP contribution in [-0.4, -0.2) is 40.0 Å². The summed E-state index contributed by atoms with van der Waals surface area (Å²) in [6.07, 6.45) is 4.83. The topological polar surface area (TPSA) is 83.3 Å². The van der Waals surface area contributed by atoms with Gasteiger partial charge in [-0.05, 0) is 45.4 Å². The number of aromatic nitrogens is 2. The minimum Gasteiger partial charge on any atom is -0.357 e. The second-order valence-corrected chi connectivity index (χ2v) is 7.10. The van der Waals surface area contributed by atoms with Gasteiger partial charge in [0.1, 0.15) is 5.82 Å². The predicted molar refractivity (Wildman–Crippen MR) is 120 cm³/mol. The van der Waals surface area contributed by atoms with Gasteiger partial charge in [0.05, 0.1) is 25.1 Å². The van der Waals surface area contributed by atoms with E-state index in [1.165, 1.54) is 6.07 Å². The predicted octanol–water partition coefficient (Wildman–Crippen LogP) is 2.60. The van der Waals surface area contributed by atoms with Crippen LogP contribution >= 0.6 is 24.0 Å². The number of guanidine groups is 1. The van der Waals surface area contributed by atoms with Crippen molar-refractivity contribution in [3.63, 3.8) is 0 Å². The number of carbonyl (C=O) groups is 1. The summed E-state index contributed by atoms with van der Waals surface area (Å²) >= 11 is 0. The van der Waals surface area contributed by atoms with Crippen LogP contribution in [0.2, 0.25) is 0 Å². The molecule has 1 aromatic carbocycles. The normalized spacial score (nSPS) is 11.5. The number of hydrogen-bond donors (Lipinski definition) is 3. The van der Waals surface area contributed by atoms with Gasteiger partial charge in [-0.1, -0.05) is 6.07 Å². The van der Waals surface area contributed by atoms with Gasteiger partial charge in [0.25, 0.3) is 0 Å². The van der Waals surface area contributed by atoms with E-state index < -0.39 is 0 Å². The number of amides is 1. The van der Waals surface area contributed by atoms with E-state index in [1.807, 2.05) is 33.8 Å². The van der Waals surface area contributed by atoms with Crippen molar-refractivity contribution < 1.29 is 9.18 Å². The van der Waals surface area contributed by atoms with Crippen LogP contribution in [-0.2, 0) is 11.3 Å². The van der Waals surface area contributed by atoms with Gasteiger partial charge in [0.15, 0.2) is 5.96 Å². The summed E-state index contributed by atoms with van der Waals surface area (Å²) < 4.78 is 15.9. The van der Waals surface area contributed by atoms with Crippen LogP contribution in [0.5, 0.6) is 0 Å². The standard InChI is InChI=1S/C19H27FN6O.HI/c1-5-22-18(24-12-17(27)25-19(2,3)4)23-11-14-6-7-16(15(20)10-14)26-9-8-21-13-26;/h6-10,13H,5,11-12H2,1-4H3,(H,25,27)(H2,22,23,24);1H. The van der Waals surface area contributed by atoms with Crippen LogP contribution < -0.4 is 16.0 Å². The number of halogens is 2. The fraction of sp³-hybridized carbons (Fsp3) is 0.421. The van der Waals surface area contributed by atoms with Gasteiger partial charge >= 0.3 is 0 Å². The van der Waals surface area contributed by atoms with E-state index in [4.69, 9.17) is 0 Å². The molecule has 1 heterocycles. The highest BCUT2D eigenvalue weighted by atomic mass is 127. The van der Waals surface area contributed by atoms with Gasteiger partial charge in [-0.2, -0.15) is 0 Å². The van der Waals surface area contributed by atoms with Crippen LogP contribution in [0.3, 0.4) is 0 Å². The molecule has 0 saturated heterocycles. The maximum Gasteiger partial charge on any atom is 0.239 e. The molecule has 0 spiro atoms. The van der Waals surface area contributed by atoms with Crippen LogP contribution in [0.25, 0.3) is 5.69 Å². The van der Waals surface area contributed by atoms with Crippen molar-refractivity contribution in [1.29, 1.82) is 0 Å². The Morgan fingerprint density at radius 2 is 2.04 bits per heavy atom. The molecule has 154 valence electrons. The van der Waals surface area contributed by atoms with Crippen LogP contribution in [0.1, 0.15) is 33.3 Å². The van der Waals surface area contributed by atoms with E-state index in [-0.39, 0.29) is 54.3 Å². The third-order valence-electron chi connectivity index (χ3n) is 3.49. The maximum atomic E-state index is 14.3. The zero-order valence-corrected chi connectivity index (χ0v) is 19.0. The van der Waals surface area contributed by atoms with Gasteiger partial charge in [0.2, 0.25) is 5.91 Å². The Hall–Kier alpha value is -2.17. The molecule has 0 aliphatic heterocycles. The molecule has 0 saturated carbocycles. The molecule has 0 atom stereocenters. The van der Waals surface area contributed by atoms with E-state index in [9.17, 15) is 9.18 Å². The van der Waals surface area contributed by atoms with Crippen LogP contribution in [0.4, 0.5) is 4.39 Å². The van der Waals surface area contributed by atoms with Gasteiger partial charge in [-0.25, -0.2) is 14.4 Å². The molecule has 0 unspecified atom stereocenters. The minimum absolute atomic E-state index is 0. The first-order valence-electron chi connectivity index (χ1n) is 8.88. The first-order valence-corrected chi connectivity index (χ1v) is 8.88. The molecule has 0 bridgehead atoms. The number of imidazole rings is 1. The summed E-state index contributed by atoms with van der Waals surface area (Å²) in [5, 5.41) is 8.93. The average Bonchev–Trinajstić information content (AvgIpc) is 3.10. The molecule has 28 heavy (non-hydrogen) atoms. The molecule has 7 nitrogen and oxygen atoms in total. The van der Waals surface area contributed by atoms with Crippen molar-refractivity contribution in [2.75, 3.05) is 13.1 Å². The molecule has 0 fully saturated rings. The molecule has 3 N–H and O–H groups in total. The Labute approximate surface area is 182 Å². The zero-order chi connectivity index (χ0) is 19.9. The Morgan fingerprint density at radius 1 is 1.29 bits per heavy atom. The van der Waals surface area contributed by atoms with Crippen molar-refractivity contribution in [2.45, 2.75) is 39.8 Å². The SMILES string of the molecule is CCNC(=NCc1ccc(-n2ccnc2)c(F)c1)NCC(=O)NC(C)(C)C.I. The highest BCUT2D eigenvalue weighted by molar-refractivity contribution is 14.0. The Balaban J connectivity index is 0.00000392. The third kappa shape index (κ3) is 7.83. The van der Waals surface area contributed by atoms with E-state index in [2.05, 4.69) is 25.9 Å². The Morgan fingerprint density at radius 3 is 2.61 bits per heavy atom. The monoisotopic (exact) mass is 502 g/mol. The van der Waals surface area contributed by atoms with Crippen LogP contribution in [0, 0.1) is 5.82 Å². The first-order chi connectivity index (χ1) is 12.8. The van der Waals surface area contributed by atoms with Crippen LogP contribution in [0.15, 0.2) is 41.9 Å². The van der Waals surface area contributed by atoms with Gasteiger partial charge in [0, 0.05) is 24.5 Å². The molecule has 2 rings (SSSR count). The molecule has 0 aliphatic rings. The van der Waals surface area contributed by atoms with Crippen molar-refractivity contribution in [3.05, 3.63) is 48.3 Å². The second kappa shape index (κ2) is 11.0. The van der Waals surface area contributed by atoms with Crippen molar-refractivity contribution in [1.82, 2.24) is 25.5 Å². The highest BCUT2D eigenvalue weighted by Gasteiger charge is 2.13. The van der Waals surface area contributed by atoms with Crippen molar-refractivity contribution in [3.8, 4) is 5.69 Å². The molecular formula is C19H28FIN6O. The summed E-state index contributed by atoms with van der Waals surface area (Å²) in [4.78, 5) is 20.3. The number of aliphatic imine (C=N–C) groups is 1. The Kier molecular flexibility index (Phi) is 9.36. The van der Waals surface area contributed by atoms with E-state index in [0.717, 1.165) is 5.56 Å². The number of nitrogens with one attached hydrogen (secondary N) is 3. The second-order valence-electron chi connectivity index (χ2n) is 7.10. The fourth-order valence-corrected chi connectivity index (χ4v) is 2.40. The lowest BCUT2D eigenvalue weighted by molar-refractivity contribution is -0.121. The van der Waals surface area contributed by atoms with Crippen molar-refractivity contribution in [2.24, 2.45) is 4.99 Å². The molecule has 1 amide bonds. The Bertz CT molecular complexity index is 786. The molecule has 0 radical (unpaired) electrons. The molecule has 2 aromatic rings. The smallest absolute Gasteiger partial charge is 0.239 e. The summed E-state index contributed by atoms with van der Waals surface area (Å²) in [6, 6.07) is 4.96. The summed E-state index contributed by atoms with van der Waals surface area (Å²) in [6.45, 7) is 8.76. The van der Waals surface area contributed by atoms with Gasteiger partial charge < -0.3 is 20.5 Å². The fourth-order valence-electron chi connectivity index (χ4n) is 2.40. The maximum absolute atomic E-state index is 14.3. The minimum atomic E-state index is -0.344. The lowest BCUT2D eigenvalue weighted by atomic mass is 10.1. The summed E-state index contributed by atoms with van der Waals surface area (Å²) in [7, 11) is 0. The van der Waals surface area contributed by atoms with E-state index >= 15 is 0 Å². The zero-order valence-electron chi connectivity index (χ0n) is 16.6. The molecule has 0 aliphatic carbocycles. The lowest BCUT2D eigenvalue weighted by Gasteiger charge is -2.21. The molecule has 9 heteroatoms. The third-order valence-corrected chi connectivity index (χ3v) is 3.49. The number of benzene rings is 1. The van der Waals surface area contributed by atoms with E-state index in [1.54, 1.807) is 29.4 Å². The molecule has 1 aromatic heterocycles. The lowest BCUT2D eigenvalue weighted by Crippen LogP contribution is -2.48. The van der Waals surface area contributed by atoms with E-state index in [0.29, 0.717) is 18.2 Å². The number of nitrogens with zero attached hydrogens (tertiary/aromatic N) is 3. The highest BCUT2D eigenvalue weighted by Crippen LogP contribution is 2.15. The number of hydrogen-bond acceptors (Lipinski definition) is 3. The van der Waals surface area contributed by atoms with Gasteiger partial charge in [-0.15, -0.1) is 24.0 Å². The summed E-state index contributed by atoms with van der Waals surface area (Å²) in [5.74, 6) is 0.0349. The number of carbonyl (C=O) groups excluding carboxylic acids is 1. The largest absolute Gasteiger partial charge is 0.357 e. The van der Waals surface area contributed by atoms with Gasteiger partial charge in [-0.3, -0.25) is 4.79 Å². The average molecular weight is 502 g/mol. The molecular weight excluding hydrogens is 474 g/mol. The quantitative estimate of drug-likeness (QED) is 0.322. The summed E-state index contributed by atoms with van der Waals surface area (Å²) in [5.41, 5.74) is 0.875. The van der Waals surface area contributed by atoms with Crippen molar-refractivity contribution >= 4 is 35.8 Å². The first kappa shape index (κ1) is 23.9.